The van der Waals surface area contributed by atoms with E-state index >= 15 is 0 Å². The zero-order valence-electron chi connectivity index (χ0n) is 22.1. The maximum atomic E-state index is 12.6. The number of carbonyl (C=O) groups excluding carboxylic acids is 3. The molecule has 1 aliphatic heterocycles. The average molecular weight is 562 g/mol. The van der Waals surface area contributed by atoms with E-state index < -0.39 is 11.6 Å². The Balaban J connectivity index is 1.28. The Kier molecular flexibility index (Phi) is 6.99. The monoisotopic (exact) mass is 561 g/mol. The molecular weight excluding hydrogens is 534 g/mol. The molecule has 5 N–H and O–H groups in total. The Labute approximate surface area is 235 Å². The number of ether oxygens (including phenoxy) is 1. The summed E-state index contributed by atoms with van der Waals surface area (Å²) in [5, 5.41) is 13.8. The van der Waals surface area contributed by atoms with E-state index in [2.05, 4.69) is 20.8 Å². The minimum Gasteiger partial charge on any atom is -0.489 e. The van der Waals surface area contributed by atoms with E-state index in [1.54, 1.807) is 63.4 Å². The number of hydrogen-bond acceptors (Lipinski definition) is 6. The standard InChI is InChI=1S/C28H28ClN7O4/c1-28(2)25(37)36(27(39)35(28)3)13-14-40-21-12-11-20(22-23(21)33-34-24(22)30)16-7-9-18(10-8-16)31-26(38)32-19-6-4-5-17(29)15-19/h4-12,15H,13-14H2,1-3H3,(H3,30,33,34)(H2,31,32,38). The van der Waals surface area contributed by atoms with Crippen molar-refractivity contribution >= 4 is 57.7 Å². The van der Waals surface area contributed by atoms with Crippen molar-refractivity contribution in [2.45, 2.75) is 19.4 Å². The molecule has 1 saturated heterocycles. The molecule has 206 valence electrons. The van der Waals surface area contributed by atoms with Gasteiger partial charge in [-0.25, -0.2) is 9.59 Å². The minimum atomic E-state index is -0.894. The fraction of sp³-hybridized carbons (Fsp3) is 0.214. The Bertz CT molecular complexity index is 1620. The summed E-state index contributed by atoms with van der Waals surface area (Å²) >= 11 is 5.97. The highest BCUT2D eigenvalue weighted by atomic mass is 35.5. The second-order valence-electron chi connectivity index (χ2n) is 9.84. The molecule has 0 radical (unpaired) electrons. The van der Waals surface area contributed by atoms with E-state index in [-0.39, 0.29) is 25.1 Å². The number of fused-ring (bicyclic) bond motifs is 1. The molecule has 0 spiro atoms. The van der Waals surface area contributed by atoms with E-state index in [1.807, 2.05) is 18.2 Å². The van der Waals surface area contributed by atoms with Gasteiger partial charge in [0.15, 0.2) is 5.82 Å². The summed E-state index contributed by atoms with van der Waals surface area (Å²) in [5.74, 6) is 0.521. The summed E-state index contributed by atoms with van der Waals surface area (Å²) in [6.45, 7) is 3.63. The number of halogens is 1. The van der Waals surface area contributed by atoms with Gasteiger partial charge in [0.2, 0.25) is 0 Å². The van der Waals surface area contributed by atoms with Gasteiger partial charge in [0.25, 0.3) is 5.91 Å². The van der Waals surface area contributed by atoms with E-state index in [0.29, 0.717) is 38.9 Å². The van der Waals surface area contributed by atoms with Crippen molar-refractivity contribution in [3.63, 3.8) is 0 Å². The van der Waals surface area contributed by atoms with Crippen LogP contribution in [-0.4, -0.2) is 63.7 Å². The number of anilines is 3. The second-order valence-corrected chi connectivity index (χ2v) is 10.3. The second kappa shape index (κ2) is 10.4. The molecule has 0 saturated carbocycles. The van der Waals surface area contributed by atoms with Crippen molar-refractivity contribution in [2.24, 2.45) is 0 Å². The van der Waals surface area contributed by atoms with Crippen molar-refractivity contribution in [1.82, 2.24) is 20.0 Å². The Hall–Kier alpha value is -4.77. The highest BCUT2D eigenvalue weighted by molar-refractivity contribution is 6.30. The van der Waals surface area contributed by atoms with Gasteiger partial charge in [-0.2, -0.15) is 5.10 Å². The van der Waals surface area contributed by atoms with Crippen molar-refractivity contribution in [1.29, 1.82) is 0 Å². The van der Waals surface area contributed by atoms with E-state index in [0.717, 1.165) is 11.1 Å². The molecule has 0 atom stereocenters. The van der Waals surface area contributed by atoms with Crippen LogP contribution in [0.25, 0.3) is 22.0 Å². The molecule has 4 aromatic rings. The Morgan fingerprint density at radius 2 is 1.80 bits per heavy atom. The number of imide groups is 1. The molecule has 11 nitrogen and oxygen atoms in total. The maximum absolute atomic E-state index is 12.6. The van der Waals surface area contributed by atoms with Gasteiger partial charge in [-0.15, -0.1) is 0 Å². The Morgan fingerprint density at radius 3 is 2.48 bits per heavy atom. The number of H-pyrrole nitrogens is 1. The van der Waals surface area contributed by atoms with Crippen LogP contribution in [0.2, 0.25) is 5.02 Å². The number of nitrogens with two attached hydrogens (primary N) is 1. The lowest BCUT2D eigenvalue weighted by Gasteiger charge is -2.22. The Morgan fingerprint density at radius 1 is 1.07 bits per heavy atom. The fourth-order valence-electron chi connectivity index (χ4n) is 4.51. The number of benzene rings is 3. The summed E-state index contributed by atoms with van der Waals surface area (Å²) in [5.41, 5.74) is 8.74. The molecule has 5 rings (SSSR count). The fourth-order valence-corrected chi connectivity index (χ4v) is 4.70. The number of hydrogen-bond donors (Lipinski definition) is 4. The quantitative estimate of drug-likeness (QED) is 0.229. The molecule has 1 aromatic heterocycles. The molecular formula is C28H28ClN7O4. The van der Waals surface area contributed by atoms with Crippen molar-refractivity contribution in [2.75, 3.05) is 36.6 Å². The van der Waals surface area contributed by atoms with Gasteiger partial charge in [-0.1, -0.05) is 29.8 Å². The van der Waals surface area contributed by atoms with Crippen LogP contribution >= 0.6 is 11.6 Å². The van der Waals surface area contributed by atoms with Gasteiger partial charge in [0.05, 0.1) is 11.9 Å². The third-order valence-electron chi connectivity index (χ3n) is 6.95. The summed E-state index contributed by atoms with van der Waals surface area (Å²) in [6.07, 6.45) is 0. The van der Waals surface area contributed by atoms with Crippen LogP contribution in [0.3, 0.4) is 0 Å². The molecule has 5 amide bonds. The van der Waals surface area contributed by atoms with Gasteiger partial charge < -0.3 is 26.0 Å². The predicted molar refractivity (Wildman–Crippen MR) is 154 cm³/mol. The number of aromatic amines is 1. The third kappa shape index (κ3) is 4.98. The number of likely N-dealkylation sites (N-methyl/N-ethyl adjacent to an activating group) is 1. The van der Waals surface area contributed by atoms with Crippen LogP contribution in [0.4, 0.5) is 26.8 Å². The molecule has 1 aliphatic rings. The summed E-state index contributed by atoms with van der Waals surface area (Å²) < 4.78 is 5.95. The average Bonchev–Trinajstić information content (AvgIpc) is 3.37. The molecule has 1 fully saturated rings. The smallest absolute Gasteiger partial charge is 0.327 e. The number of aromatic nitrogens is 2. The van der Waals surface area contributed by atoms with Crippen molar-refractivity contribution in [3.8, 4) is 16.9 Å². The maximum Gasteiger partial charge on any atom is 0.327 e. The van der Waals surface area contributed by atoms with Gasteiger partial charge in [-0.3, -0.25) is 14.8 Å². The predicted octanol–water partition coefficient (Wildman–Crippen LogP) is 5.16. The van der Waals surface area contributed by atoms with Crippen LogP contribution < -0.4 is 21.1 Å². The summed E-state index contributed by atoms with van der Waals surface area (Å²) in [7, 11) is 1.61. The molecule has 2 heterocycles. The number of nitrogens with one attached hydrogen (secondary N) is 3. The largest absolute Gasteiger partial charge is 0.489 e. The lowest BCUT2D eigenvalue weighted by Crippen LogP contribution is -2.41. The van der Waals surface area contributed by atoms with Crippen LogP contribution in [0.1, 0.15) is 13.8 Å². The van der Waals surface area contributed by atoms with Gasteiger partial charge in [0.1, 0.15) is 23.4 Å². The number of amides is 5. The van der Waals surface area contributed by atoms with Gasteiger partial charge in [-0.05, 0) is 67.4 Å². The third-order valence-corrected chi connectivity index (χ3v) is 7.18. The lowest BCUT2D eigenvalue weighted by molar-refractivity contribution is -0.131. The number of urea groups is 2. The summed E-state index contributed by atoms with van der Waals surface area (Å²) in [4.78, 5) is 40.1. The molecule has 40 heavy (non-hydrogen) atoms. The first-order valence-electron chi connectivity index (χ1n) is 12.5. The molecule has 0 aliphatic carbocycles. The number of carbonyl (C=O) groups is 3. The molecule has 0 unspecified atom stereocenters. The summed E-state index contributed by atoms with van der Waals surface area (Å²) in [6, 6.07) is 17.0. The SMILES string of the molecule is CN1C(=O)N(CCOc2ccc(-c3ccc(NC(=O)Nc4cccc(Cl)c4)cc3)c3c(N)n[nH]c23)C(=O)C1(C)C. The van der Waals surface area contributed by atoms with E-state index in [4.69, 9.17) is 22.1 Å². The molecule has 0 bridgehead atoms. The van der Waals surface area contributed by atoms with Crippen LogP contribution in [0.15, 0.2) is 60.7 Å². The molecule has 12 heteroatoms. The molecule has 3 aromatic carbocycles. The van der Waals surface area contributed by atoms with Crippen molar-refractivity contribution in [3.05, 3.63) is 65.7 Å². The highest BCUT2D eigenvalue weighted by Crippen LogP contribution is 2.37. The number of rotatable bonds is 7. The van der Waals surface area contributed by atoms with Gasteiger partial charge >= 0.3 is 12.1 Å². The number of nitrogen functional groups attached to an aromatic ring is 1. The first-order chi connectivity index (χ1) is 19.1. The highest BCUT2D eigenvalue weighted by Gasteiger charge is 2.48. The first kappa shape index (κ1) is 26.8. The van der Waals surface area contributed by atoms with Crippen LogP contribution in [0, 0.1) is 0 Å². The van der Waals surface area contributed by atoms with E-state index in [1.165, 1.54) is 9.80 Å². The topological polar surface area (TPSA) is 146 Å². The minimum absolute atomic E-state index is 0.104. The van der Waals surface area contributed by atoms with Gasteiger partial charge in [0, 0.05) is 23.4 Å². The first-order valence-corrected chi connectivity index (χ1v) is 12.9. The zero-order valence-corrected chi connectivity index (χ0v) is 22.9. The lowest BCUT2D eigenvalue weighted by atomic mass is 10.0. The number of nitrogens with zero attached hydrogens (tertiary/aromatic N) is 3. The normalized spacial score (nSPS) is 14.6. The van der Waals surface area contributed by atoms with E-state index in [9.17, 15) is 14.4 Å². The zero-order chi connectivity index (χ0) is 28.6. The van der Waals surface area contributed by atoms with Crippen LogP contribution in [-0.2, 0) is 4.79 Å². The van der Waals surface area contributed by atoms with Crippen molar-refractivity contribution < 1.29 is 19.1 Å². The van der Waals surface area contributed by atoms with Crippen LogP contribution in [0.5, 0.6) is 5.75 Å².